The van der Waals surface area contributed by atoms with Crippen LogP contribution < -0.4 is 10.2 Å². The van der Waals surface area contributed by atoms with E-state index in [9.17, 15) is 4.79 Å². The zero-order chi connectivity index (χ0) is 16.5. The summed E-state index contributed by atoms with van der Waals surface area (Å²) in [6.45, 7) is 7.12. The number of carbonyl (C=O) groups is 1. The third-order valence-corrected chi connectivity index (χ3v) is 4.45. The first-order valence-electron chi connectivity index (χ1n) is 8.65. The molecule has 5 nitrogen and oxygen atoms in total. The van der Waals surface area contributed by atoms with E-state index in [4.69, 9.17) is 5.11 Å². The van der Waals surface area contributed by atoms with Gasteiger partial charge in [-0.15, -0.1) is 0 Å². The third kappa shape index (κ3) is 5.84. The topological polar surface area (TPSA) is 55.8 Å². The van der Waals surface area contributed by atoms with Gasteiger partial charge in [-0.3, -0.25) is 9.69 Å². The maximum Gasteiger partial charge on any atom is 0.220 e. The Morgan fingerprint density at radius 2 is 1.91 bits per heavy atom. The van der Waals surface area contributed by atoms with E-state index in [1.165, 1.54) is 5.69 Å². The van der Waals surface area contributed by atoms with Crippen molar-refractivity contribution in [3.63, 3.8) is 0 Å². The molecule has 1 aliphatic heterocycles. The van der Waals surface area contributed by atoms with E-state index in [0.29, 0.717) is 6.42 Å². The average molecular weight is 319 g/mol. The van der Waals surface area contributed by atoms with Gasteiger partial charge in [0.25, 0.3) is 0 Å². The number of para-hydroxylation sites is 1. The van der Waals surface area contributed by atoms with Crippen LogP contribution in [0.2, 0.25) is 0 Å². The molecule has 0 saturated carbocycles. The van der Waals surface area contributed by atoms with Crippen LogP contribution in [-0.2, 0) is 4.79 Å². The lowest BCUT2D eigenvalue weighted by atomic mass is 10.2. The summed E-state index contributed by atoms with van der Waals surface area (Å²) < 4.78 is 0. The van der Waals surface area contributed by atoms with Gasteiger partial charge in [0.15, 0.2) is 0 Å². The van der Waals surface area contributed by atoms with Gasteiger partial charge in [-0.2, -0.15) is 0 Å². The standard InChI is InChI=1S/C18H29N3O2/c1-2-16(15-22)19-18(23)9-6-10-20-11-13-21(14-12-20)17-7-4-3-5-8-17/h3-5,7-8,16,22H,2,6,9-15H2,1H3,(H,19,23). The number of rotatable bonds is 8. The predicted octanol–water partition coefficient (Wildman–Crippen LogP) is 1.48. The molecule has 1 amide bonds. The lowest BCUT2D eigenvalue weighted by molar-refractivity contribution is -0.122. The molecule has 2 rings (SSSR count). The highest BCUT2D eigenvalue weighted by molar-refractivity contribution is 5.76. The van der Waals surface area contributed by atoms with Crippen LogP contribution in [0.1, 0.15) is 26.2 Å². The van der Waals surface area contributed by atoms with Gasteiger partial charge >= 0.3 is 0 Å². The number of carbonyl (C=O) groups excluding carboxylic acids is 1. The van der Waals surface area contributed by atoms with Crippen LogP contribution >= 0.6 is 0 Å². The lowest BCUT2D eigenvalue weighted by Crippen LogP contribution is -2.46. The average Bonchev–Trinajstić information content (AvgIpc) is 2.61. The van der Waals surface area contributed by atoms with Crippen molar-refractivity contribution in [3.8, 4) is 0 Å². The maximum atomic E-state index is 11.8. The summed E-state index contributed by atoms with van der Waals surface area (Å²) >= 11 is 0. The van der Waals surface area contributed by atoms with Gasteiger partial charge < -0.3 is 15.3 Å². The van der Waals surface area contributed by atoms with Crippen LogP contribution in [0.4, 0.5) is 5.69 Å². The maximum absolute atomic E-state index is 11.8. The Kier molecular flexibility index (Phi) is 7.36. The van der Waals surface area contributed by atoms with Crippen molar-refractivity contribution in [2.24, 2.45) is 0 Å². The largest absolute Gasteiger partial charge is 0.394 e. The minimum atomic E-state index is -0.100. The number of nitrogens with zero attached hydrogens (tertiary/aromatic N) is 2. The van der Waals surface area contributed by atoms with Crippen molar-refractivity contribution in [2.75, 3.05) is 44.2 Å². The van der Waals surface area contributed by atoms with E-state index in [-0.39, 0.29) is 18.6 Å². The number of amides is 1. The summed E-state index contributed by atoms with van der Waals surface area (Å²) in [7, 11) is 0. The molecule has 0 aliphatic carbocycles. The van der Waals surface area contributed by atoms with Crippen LogP contribution in [0.3, 0.4) is 0 Å². The number of aliphatic hydroxyl groups is 1. The summed E-state index contributed by atoms with van der Waals surface area (Å²) in [4.78, 5) is 16.6. The molecule has 1 aromatic rings. The van der Waals surface area contributed by atoms with Gasteiger partial charge in [-0.05, 0) is 31.5 Å². The molecule has 1 unspecified atom stereocenters. The normalized spacial score (nSPS) is 17.0. The molecule has 1 aliphatic rings. The van der Waals surface area contributed by atoms with Crippen LogP contribution in [0, 0.1) is 0 Å². The van der Waals surface area contributed by atoms with E-state index in [1.807, 2.05) is 13.0 Å². The number of hydrogen-bond acceptors (Lipinski definition) is 4. The van der Waals surface area contributed by atoms with Gasteiger partial charge in [0, 0.05) is 38.3 Å². The molecule has 1 aromatic carbocycles. The lowest BCUT2D eigenvalue weighted by Gasteiger charge is -2.36. The van der Waals surface area contributed by atoms with Crippen molar-refractivity contribution in [1.82, 2.24) is 10.2 Å². The van der Waals surface area contributed by atoms with E-state index in [0.717, 1.165) is 45.6 Å². The van der Waals surface area contributed by atoms with Gasteiger partial charge in [0.05, 0.1) is 12.6 Å². The third-order valence-electron chi connectivity index (χ3n) is 4.45. The van der Waals surface area contributed by atoms with Crippen molar-refractivity contribution >= 4 is 11.6 Å². The van der Waals surface area contributed by atoms with Crippen molar-refractivity contribution in [1.29, 1.82) is 0 Å². The molecule has 23 heavy (non-hydrogen) atoms. The minimum absolute atomic E-state index is 0.0175. The van der Waals surface area contributed by atoms with Crippen molar-refractivity contribution < 1.29 is 9.90 Å². The molecule has 128 valence electrons. The quantitative estimate of drug-likeness (QED) is 0.762. The zero-order valence-corrected chi connectivity index (χ0v) is 14.1. The predicted molar refractivity (Wildman–Crippen MR) is 93.6 cm³/mol. The molecule has 0 spiro atoms. The fourth-order valence-corrected chi connectivity index (χ4v) is 2.91. The Labute approximate surface area is 139 Å². The van der Waals surface area contributed by atoms with Gasteiger partial charge in [-0.25, -0.2) is 0 Å². The van der Waals surface area contributed by atoms with Gasteiger partial charge in [0.1, 0.15) is 0 Å². The fourth-order valence-electron chi connectivity index (χ4n) is 2.91. The molecule has 1 atom stereocenters. The molecule has 0 radical (unpaired) electrons. The number of benzene rings is 1. The van der Waals surface area contributed by atoms with Crippen LogP contribution in [0.5, 0.6) is 0 Å². The molecule has 0 bridgehead atoms. The molecule has 5 heteroatoms. The van der Waals surface area contributed by atoms with Crippen molar-refractivity contribution in [2.45, 2.75) is 32.2 Å². The first-order valence-corrected chi connectivity index (χ1v) is 8.65. The Morgan fingerprint density at radius 1 is 1.22 bits per heavy atom. The van der Waals surface area contributed by atoms with Crippen LogP contribution in [0.25, 0.3) is 0 Å². The highest BCUT2D eigenvalue weighted by atomic mass is 16.3. The highest BCUT2D eigenvalue weighted by Crippen LogP contribution is 2.15. The van der Waals surface area contributed by atoms with Crippen molar-refractivity contribution in [3.05, 3.63) is 30.3 Å². The number of piperazine rings is 1. The molecular formula is C18H29N3O2. The van der Waals surface area contributed by atoms with Crippen LogP contribution in [-0.4, -0.2) is 61.3 Å². The molecule has 1 saturated heterocycles. The summed E-state index contributed by atoms with van der Waals surface area (Å²) in [5.41, 5.74) is 1.29. The summed E-state index contributed by atoms with van der Waals surface area (Å²) in [5.74, 6) is 0.0498. The first-order chi connectivity index (χ1) is 11.2. The number of anilines is 1. The minimum Gasteiger partial charge on any atom is -0.394 e. The monoisotopic (exact) mass is 319 g/mol. The zero-order valence-electron chi connectivity index (χ0n) is 14.1. The number of hydrogen-bond donors (Lipinski definition) is 2. The molecule has 2 N–H and O–H groups in total. The second kappa shape index (κ2) is 9.53. The molecule has 1 fully saturated rings. The van der Waals surface area contributed by atoms with Gasteiger partial charge in [-0.1, -0.05) is 25.1 Å². The Hall–Kier alpha value is -1.59. The molecular weight excluding hydrogens is 290 g/mol. The van der Waals surface area contributed by atoms with E-state index >= 15 is 0 Å². The Morgan fingerprint density at radius 3 is 2.52 bits per heavy atom. The molecule has 1 heterocycles. The van der Waals surface area contributed by atoms with E-state index in [2.05, 4.69) is 39.4 Å². The highest BCUT2D eigenvalue weighted by Gasteiger charge is 2.17. The Bertz CT molecular complexity index is 455. The smallest absolute Gasteiger partial charge is 0.220 e. The van der Waals surface area contributed by atoms with E-state index in [1.54, 1.807) is 0 Å². The number of aliphatic hydroxyl groups excluding tert-OH is 1. The SMILES string of the molecule is CCC(CO)NC(=O)CCCN1CCN(c2ccccc2)CC1. The first kappa shape index (κ1) is 17.8. The fraction of sp³-hybridized carbons (Fsp3) is 0.611. The van der Waals surface area contributed by atoms with E-state index < -0.39 is 0 Å². The Balaban J connectivity index is 1.62. The second-order valence-electron chi connectivity index (χ2n) is 6.12. The van der Waals surface area contributed by atoms with Crippen LogP contribution in [0.15, 0.2) is 30.3 Å². The summed E-state index contributed by atoms with van der Waals surface area (Å²) in [6.07, 6.45) is 2.18. The number of nitrogens with one attached hydrogen (secondary N) is 1. The second-order valence-corrected chi connectivity index (χ2v) is 6.12. The molecule has 0 aromatic heterocycles. The summed E-state index contributed by atoms with van der Waals surface area (Å²) in [6, 6.07) is 10.4. The van der Waals surface area contributed by atoms with Gasteiger partial charge in [0.2, 0.25) is 5.91 Å². The summed E-state index contributed by atoms with van der Waals surface area (Å²) in [5, 5.41) is 12.0.